The van der Waals surface area contributed by atoms with Gasteiger partial charge in [-0.3, -0.25) is 4.79 Å². The Bertz CT molecular complexity index is 796. The molecule has 0 aliphatic heterocycles. The van der Waals surface area contributed by atoms with Crippen molar-refractivity contribution in [2.45, 2.75) is 13.5 Å². The van der Waals surface area contributed by atoms with Crippen LogP contribution in [-0.2, 0) is 6.54 Å². The number of hydrogen-bond donors (Lipinski definition) is 3. The lowest BCUT2D eigenvalue weighted by atomic mass is 10.1. The first-order chi connectivity index (χ1) is 12.6. The molecule has 0 bridgehead atoms. The largest absolute Gasteiger partial charge is 0.497 e. The van der Waals surface area contributed by atoms with Crippen LogP contribution < -0.4 is 25.8 Å². The summed E-state index contributed by atoms with van der Waals surface area (Å²) in [7, 11) is 3.16. The zero-order chi connectivity index (χ0) is 18.9. The summed E-state index contributed by atoms with van der Waals surface area (Å²) in [6, 6.07) is 12.6. The number of nitrogens with two attached hydrogens (primary N) is 1. The highest BCUT2D eigenvalue weighted by Crippen LogP contribution is 2.28. The van der Waals surface area contributed by atoms with Crippen molar-refractivity contribution in [3.8, 4) is 11.5 Å². The van der Waals surface area contributed by atoms with E-state index in [9.17, 15) is 4.79 Å². The Morgan fingerprint density at radius 2 is 1.93 bits per heavy atom. The van der Waals surface area contributed by atoms with Crippen molar-refractivity contribution in [1.82, 2.24) is 5.32 Å². The highest BCUT2D eigenvalue weighted by molar-refractivity contribution is 14.0. The van der Waals surface area contributed by atoms with Gasteiger partial charge in [0, 0.05) is 18.2 Å². The van der Waals surface area contributed by atoms with Gasteiger partial charge in [-0.25, -0.2) is 4.99 Å². The third-order valence-electron chi connectivity index (χ3n) is 3.63. The van der Waals surface area contributed by atoms with Crippen LogP contribution in [0.4, 0.5) is 5.69 Å². The van der Waals surface area contributed by atoms with Gasteiger partial charge in [0.05, 0.1) is 26.5 Å². The average molecular weight is 484 g/mol. The molecule has 0 heterocycles. The van der Waals surface area contributed by atoms with Gasteiger partial charge in [0.25, 0.3) is 5.91 Å². The van der Waals surface area contributed by atoms with Crippen molar-refractivity contribution < 1.29 is 14.3 Å². The number of carbonyl (C=O) groups is 1. The van der Waals surface area contributed by atoms with E-state index in [0.29, 0.717) is 35.8 Å². The van der Waals surface area contributed by atoms with Gasteiger partial charge in [-0.1, -0.05) is 12.1 Å². The van der Waals surface area contributed by atoms with Gasteiger partial charge in [-0.2, -0.15) is 0 Å². The molecule has 0 atom stereocenters. The van der Waals surface area contributed by atoms with Crippen molar-refractivity contribution in [2.24, 2.45) is 10.7 Å². The number of ether oxygens (including phenoxy) is 2. The Kier molecular flexibility index (Phi) is 9.41. The molecule has 0 saturated carbocycles. The Morgan fingerprint density at radius 1 is 1.15 bits per heavy atom. The number of anilines is 1. The van der Waals surface area contributed by atoms with E-state index >= 15 is 0 Å². The van der Waals surface area contributed by atoms with Crippen molar-refractivity contribution in [3.63, 3.8) is 0 Å². The first-order valence-corrected chi connectivity index (χ1v) is 8.23. The summed E-state index contributed by atoms with van der Waals surface area (Å²) in [6.07, 6.45) is 0. The fourth-order valence-corrected chi connectivity index (χ4v) is 2.34. The minimum Gasteiger partial charge on any atom is -0.497 e. The van der Waals surface area contributed by atoms with E-state index in [2.05, 4.69) is 15.6 Å². The summed E-state index contributed by atoms with van der Waals surface area (Å²) in [5, 5.41) is 5.78. The standard InChI is InChI=1S/C19H24N4O3.HI/c1-4-21-18(24)14-7-5-6-13(10-14)12-22-19(20)23-16-11-15(25-2)8-9-17(16)26-3;/h5-11H,4,12H2,1-3H3,(H,21,24)(H3,20,22,23);1H. The number of amides is 1. The number of benzene rings is 2. The molecular formula is C19H25IN4O3. The monoisotopic (exact) mass is 484 g/mol. The molecule has 146 valence electrons. The molecule has 0 unspecified atom stereocenters. The molecule has 8 heteroatoms. The quantitative estimate of drug-likeness (QED) is 0.319. The van der Waals surface area contributed by atoms with Crippen LogP contribution in [0.25, 0.3) is 0 Å². The van der Waals surface area contributed by atoms with Gasteiger partial charge in [-0.15, -0.1) is 24.0 Å². The number of aliphatic imine (C=N–C) groups is 1. The summed E-state index contributed by atoms with van der Waals surface area (Å²) in [5.41, 5.74) is 8.12. The van der Waals surface area contributed by atoms with Gasteiger partial charge in [0.15, 0.2) is 5.96 Å². The Labute approximate surface area is 176 Å². The summed E-state index contributed by atoms with van der Waals surface area (Å²) in [4.78, 5) is 16.2. The molecule has 27 heavy (non-hydrogen) atoms. The van der Waals surface area contributed by atoms with Crippen molar-refractivity contribution >= 4 is 41.5 Å². The lowest BCUT2D eigenvalue weighted by Crippen LogP contribution is -2.23. The molecule has 2 aromatic carbocycles. The molecule has 0 fully saturated rings. The van der Waals surface area contributed by atoms with Crippen molar-refractivity contribution in [1.29, 1.82) is 0 Å². The van der Waals surface area contributed by atoms with Crippen LogP contribution in [0.15, 0.2) is 47.5 Å². The van der Waals surface area contributed by atoms with Gasteiger partial charge < -0.3 is 25.8 Å². The maximum atomic E-state index is 11.9. The second-order valence-electron chi connectivity index (χ2n) is 5.45. The highest BCUT2D eigenvalue weighted by atomic mass is 127. The maximum absolute atomic E-state index is 11.9. The topological polar surface area (TPSA) is 98.0 Å². The maximum Gasteiger partial charge on any atom is 0.251 e. The smallest absolute Gasteiger partial charge is 0.251 e. The normalized spacial score (nSPS) is 10.6. The first kappa shape index (κ1) is 22.6. The van der Waals surface area contributed by atoms with E-state index in [0.717, 1.165) is 5.56 Å². The molecule has 1 amide bonds. The van der Waals surface area contributed by atoms with E-state index in [4.69, 9.17) is 15.2 Å². The third-order valence-corrected chi connectivity index (χ3v) is 3.63. The van der Waals surface area contributed by atoms with Gasteiger partial charge in [0.1, 0.15) is 11.5 Å². The van der Waals surface area contributed by atoms with Gasteiger partial charge in [0.2, 0.25) is 0 Å². The Morgan fingerprint density at radius 3 is 2.59 bits per heavy atom. The van der Waals surface area contributed by atoms with E-state index in [-0.39, 0.29) is 35.8 Å². The number of guanidine groups is 1. The predicted molar refractivity (Wildman–Crippen MR) is 118 cm³/mol. The number of methoxy groups -OCH3 is 2. The van der Waals surface area contributed by atoms with E-state index < -0.39 is 0 Å². The van der Waals surface area contributed by atoms with Crippen LogP contribution in [0.2, 0.25) is 0 Å². The van der Waals surface area contributed by atoms with Crippen LogP contribution in [0.5, 0.6) is 11.5 Å². The number of rotatable bonds is 7. The summed E-state index contributed by atoms with van der Waals surface area (Å²) >= 11 is 0. The number of hydrogen-bond acceptors (Lipinski definition) is 4. The van der Waals surface area contributed by atoms with Gasteiger partial charge >= 0.3 is 0 Å². The third kappa shape index (κ3) is 6.63. The molecule has 2 aromatic rings. The molecule has 0 aromatic heterocycles. The van der Waals surface area contributed by atoms with Gasteiger partial charge in [-0.05, 0) is 36.8 Å². The summed E-state index contributed by atoms with van der Waals surface area (Å²) in [5.74, 6) is 1.43. The zero-order valence-corrected chi connectivity index (χ0v) is 17.9. The zero-order valence-electron chi connectivity index (χ0n) is 15.6. The summed E-state index contributed by atoms with van der Waals surface area (Å²) < 4.78 is 10.5. The van der Waals surface area contributed by atoms with Crippen LogP contribution >= 0.6 is 24.0 Å². The van der Waals surface area contributed by atoms with Crippen molar-refractivity contribution in [2.75, 3.05) is 26.1 Å². The molecule has 0 saturated heterocycles. The van der Waals surface area contributed by atoms with E-state index in [1.807, 2.05) is 19.1 Å². The number of carbonyl (C=O) groups excluding carboxylic acids is 1. The number of halogens is 1. The second kappa shape index (κ2) is 11.3. The fourth-order valence-electron chi connectivity index (χ4n) is 2.34. The minimum atomic E-state index is -0.106. The molecule has 4 N–H and O–H groups in total. The predicted octanol–water partition coefficient (Wildman–Crippen LogP) is 3.00. The van der Waals surface area contributed by atoms with Crippen LogP contribution in [0.3, 0.4) is 0 Å². The Balaban J connectivity index is 0.00000364. The van der Waals surface area contributed by atoms with Crippen LogP contribution in [-0.4, -0.2) is 32.6 Å². The first-order valence-electron chi connectivity index (χ1n) is 8.23. The lowest BCUT2D eigenvalue weighted by Gasteiger charge is -2.12. The van der Waals surface area contributed by atoms with E-state index in [1.165, 1.54) is 0 Å². The molecule has 0 spiro atoms. The molecule has 7 nitrogen and oxygen atoms in total. The average Bonchev–Trinajstić information content (AvgIpc) is 2.66. The minimum absolute atomic E-state index is 0. The summed E-state index contributed by atoms with van der Waals surface area (Å²) in [6.45, 7) is 2.81. The fraction of sp³-hybridized carbons (Fsp3) is 0.263. The Hall–Kier alpha value is -2.49. The number of nitrogens with one attached hydrogen (secondary N) is 2. The van der Waals surface area contributed by atoms with Crippen LogP contribution in [0, 0.1) is 0 Å². The molecular weight excluding hydrogens is 459 g/mol. The molecule has 0 radical (unpaired) electrons. The highest BCUT2D eigenvalue weighted by Gasteiger charge is 2.07. The molecule has 2 rings (SSSR count). The number of nitrogens with zero attached hydrogens (tertiary/aromatic N) is 1. The SMILES string of the molecule is CCNC(=O)c1cccc(CN=C(N)Nc2cc(OC)ccc2OC)c1.I. The molecule has 0 aliphatic carbocycles. The van der Waals surface area contributed by atoms with Crippen LogP contribution in [0.1, 0.15) is 22.8 Å². The lowest BCUT2D eigenvalue weighted by molar-refractivity contribution is 0.0955. The van der Waals surface area contributed by atoms with Crippen molar-refractivity contribution in [3.05, 3.63) is 53.6 Å². The molecule has 0 aliphatic rings. The van der Waals surface area contributed by atoms with E-state index in [1.54, 1.807) is 44.6 Å². The second-order valence-corrected chi connectivity index (χ2v) is 5.45.